The topological polar surface area (TPSA) is 92.5 Å². The van der Waals surface area contributed by atoms with E-state index in [0.29, 0.717) is 11.3 Å². The monoisotopic (exact) mass is 295 g/mol. The van der Waals surface area contributed by atoms with Crippen molar-refractivity contribution in [1.29, 1.82) is 0 Å². The summed E-state index contributed by atoms with van der Waals surface area (Å²) in [6, 6.07) is 0. The molecule has 1 aromatic heterocycles. The Kier molecular flexibility index (Phi) is 5.23. The molecule has 116 valence electrons. The van der Waals surface area contributed by atoms with Gasteiger partial charge in [-0.15, -0.1) is 0 Å². The van der Waals surface area contributed by atoms with Gasteiger partial charge in [0, 0.05) is 13.6 Å². The van der Waals surface area contributed by atoms with Gasteiger partial charge in [-0.1, -0.05) is 13.8 Å². The number of aromatic nitrogens is 2. The van der Waals surface area contributed by atoms with E-state index in [9.17, 15) is 14.4 Å². The van der Waals surface area contributed by atoms with Crippen LogP contribution in [0.15, 0.2) is 4.79 Å². The summed E-state index contributed by atoms with van der Waals surface area (Å²) < 4.78 is 1.10. The molecule has 0 aliphatic carbocycles. The van der Waals surface area contributed by atoms with Crippen LogP contribution in [0.1, 0.15) is 35.5 Å². The number of carboxylic acids is 1. The summed E-state index contributed by atoms with van der Waals surface area (Å²) in [7, 11) is 1.47. The Bertz CT molecular complexity index is 619. The molecule has 7 nitrogen and oxygen atoms in total. The highest BCUT2D eigenvalue weighted by atomic mass is 16.4. The lowest BCUT2D eigenvalue weighted by Gasteiger charge is -2.23. The van der Waals surface area contributed by atoms with Crippen LogP contribution < -0.4 is 5.56 Å². The van der Waals surface area contributed by atoms with Gasteiger partial charge >= 0.3 is 5.97 Å². The fourth-order valence-corrected chi connectivity index (χ4v) is 2.08. The zero-order valence-corrected chi connectivity index (χ0v) is 13.0. The number of carboxylic acid groups (broad SMARTS) is 1. The second-order valence-corrected chi connectivity index (χ2v) is 5.49. The third kappa shape index (κ3) is 3.90. The van der Waals surface area contributed by atoms with Crippen molar-refractivity contribution in [1.82, 2.24) is 14.7 Å². The molecule has 1 amide bonds. The molecule has 1 aromatic rings. The average Bonchev–Trinajstić information content (AvgIpc) is 2.34. The Morgan fingerprint density at radius 1 is 1.33 bits per heavy atom. The lowest BCUT2D eigenvalue weighted by atomic mass is 10.1. The highest BCUT2D eigenvalue weighted by Gasteiger charge is 2.25. The molecule has 0 fully saturated rings. The minimum atomic E-state index is -1.11. The fourth-order valence-electron chi connectivity index (χ4n) is 2.08. The lowest BCUT2D eigenvalue weighted by molar-refractivity contribution is -0.137. The maximum absolute atomic E-state index is 12.6. The van der Waals surface area contributed by atoms with Crippen LogP contribution in [-0.4, -0.2) is 44.8 Å². The minimum absolute atomic E-state index is 0.00750. The molecule has 0 saturated heterocycles. The van der Waals surface area contributed by atoms with Gasteiger partial charge in [0.1, 0.15) is 12.1 Å². The van der Waals surface area contributed by atoms with Gasteiger partial charge in [0.2, 0.25) is 0 Å². The Balaban J connectivity index is 3.33. The maximum Gasteiger partial charge on any atom is 0.323 e. The summed E-state index contributed by atoms with van der Waals surface area (Å²) in [5, 5.41) is 13.0. The van der Waals surface area contributed by atoms with E-state index in [1.165, 1.54) is 11.9 Å². The molecule has 0 aliphatic heterocycles. The normalized spacial score (nSPS) is 10.8. The van der Waals surface area contributed by atoms with Crippen molar-refractivity contribution < 1.29 is 14.7 Å². The van der Waals surface area contributed by atoms with Crippen molar-refractivity contribution in [3.05, 3.63) is 27.2 Å². The molecule has 21 heavy (non-hydrogen) atoms. The molecule has 0 bridgehead atoms. The van der Waals surface area contributed by atoms with Crippen LogP contribution >= 0.6 is 0 Å². The molecule has 0 aliphatic rings. The first-order chi connectivity index (χ1) is 9.65. The van der Waals surface area contributed by atoms with E-state index < -0.39 is 24.0 Å². The summed E-state index contributed by atoms with van der Waals surface area (Å²) >= 11 is 0. The van der Waals surface area contributed by atoms with E-state index in [1.807, 2.05) is 13.8 Å². The van der Waals surface area contributed by atoms with Crippen LogP contribution in [0.5, 0.6) is 0 Å². The Labute approximate surface area is 123 Å². The second kappa shape index (κ2) is 6.51. The van der Waals surface area contributed by atoms with Crippen molar-refractivity contribution in [3.63, 3.8) is 0 Å². The summed E-state index contributed by atoms with van der Waals surface area (Å²) in [4.78, 5) is 36.9. The molecule has 0 atom stereocenters. The molecule has 0 spiro atoms. The molecular weight excluding hydrogens is 274 g/mol. The van der Waals surface area contributed by atoms with E-state index in [4.69, 9.17) is 5.11 Å². The Morgan fingerprint density at radius 2 is 1.90 bits per heavy atom. The number of carbonyl (C=O) groups excluding carboxylic acids is 1. The first kappa shape index (κ1) is 16.9. The van der Waals surface area contributed by atoms with Crippen LogP contribution in [0, 0.1) is 19.8 Å². The van der Waals surface area contributed by atoms with Crippen molar-refractivity contribution in [3.8, 4) is 0 Å². The van der Waals surface area contributed by atoms with E-state index in [2.05, 4.69) is 5.10 Å². The molecule has 0 aromatic carbocycles. The van der Waals surface area contributed by atoms with E-state index >= 15 is 0 Å². The van der Waals surface area contributed by atoms with Gasteiger partial charge < -0.3 is 10.0 Å². The quantitative estimate of drug-likeness (QED) is 0.857. The van der Waals surface area contributed by atoms with Gasteiger partial charge in [0.15, 0.2) is 0 Å². The van der Waals surface area contributed by atoms with Crippen molar-refractivity contribution >= 4 is 11.9 Å². The van der Waals surface area contributed by atoms with E-state index in [0.717, 1.165) is 4.68 Å². The van der Waals surface area contributed by atoms with Crippen LogP contribution in [0.3, 0.4) is 0 Å². The number of carbonyl (C=O) groups is 2. The van der Waals surface area contributed by atoms with Crippen LogP contribution in [0.2, 0.25) is 0 Å². The Hall–Kier alpha value is -2.18. The van der Waals surface area contributed by atoms with Gasteiger partial charge in [-0.05, 0) is 25.3 Å². The van der Waals surface area contributed by atoms with Gasteiger partial charge in [0.05, 0.1) is 5.69 Å². The zero-order valence-electron chi connectivity index (χ0n) is 13.0. The average molecular weight is 295 g/mol. The molecule has 0 saturated carbocycles. The number of aryl methyl sites for hydroxylation is 2. The highest BCUT2D eigenvalue weighted by molar-refractivity contribution is 5.96. The predicted octanol–water partition coefficient (Wildman–Crippen LogP) is 0.580. The highest BCUT2D eigenvalue weighted by Crippen LogP contribution is 2.11. The van der Waals surface area contributed by atoms with E-state index in [-0.39, 0.29) is 18.0 Å². The molecular formula is C14H21N3O4. The second-order valence-electron chi connectivity index (χ2n) is 5.49. The van der Waals surface area contributed by atoms with Crippen LogP contribution in [-0.2, 0) is 11.8 Å². The summed E-state index contributed by atoms with van der Waals surface area (Å²) in [5.74, 6) is -1.57. The molecule has 1 N–H and O–H groups in total. The number of hydrogen-bond donors (Lipinski definition) is 1. The van der Waals surface area contributed by atoms with Gasteiger partial charge in [0.25, 0.3) is 11.5 Å². The van der Waals surface area contributed by atoms with Gasteiger partial charge in [-0.25, -0.2) is 4.68 Å². The first-order valence-corrected chi connectivity index (χ1v) is 6.70. The molecule has 1 rings (SSSR count). The zero-order chi connectivity index (χ0) is 16.3. The van der Waals surface area contributed by atoms with Crippen LogP contribution in [0.4, 0.5) is 0 Å². The predicted molar refractivity (Wildman–Crippen MR) is 77.3 cm³/mol. The number of aliphatic carboxylic acids is 1. The number of rotatable bonds is 5. The van der Waals surface area contributed by atoms with Crippen molar-refractivity contribution in [2.45, 2.75) is 27.7 Å². The summed E-state index contributed by atoms with van der Waals surface area (Å²) in [6.45, 7) is 6.95. The summed E-state index contributed by atoms with van der Waals surface area (Å²) in [5.41, 5.74) is 0.539. The maximum atomic E-state index is 12.6. The summed E-state index contributed by atoms with van der Waals surface area (Å²) in [6.07, 6.45) is 0. The standard InChI is InChI=1S/C14H21N3O4/c1-8(2)6-17(7-11(18)19)14(21)12-9(3)10(4)15-16(5)13(12)20/h8H,6-7H2,1-5H3,(H,18,19). The number of amides is 1. The third-order valence-electron chi connectivity index (χ3n) is 3.14. The lowest BCUT2D eigenvalue weighted by Crippen LogP contribution is -2.42. The molecule has 7 heteroatoms. The van der Waals surface area contributed by atoms with Gasteiger partial charge in [-0.2, -0.15) is 5.10 Å². The molecule has 0 radical (unpaired) electrons. The largest absolute Gasteiger partial charge is 0.480 e. The number of nitrogens with zero attached hydrogens (tertiary/aromatic N) is 3. The molecule has 1 heterocycles. The van der Waals surface area contributed by atoms with E-state index in [1.54, 1.807) is 13.8 Å². The third-order valence-corrected chi connectivity index (χ3v) is 3.14. The van der Waals surface area contributed by atoms with Crippen molar-refractivity contribution in [2.24, 2.45) is 13.0 Å². The first-order valence-electron chi connectivity index (χ1n) is 6.70. The van der Waals surface area contributed by atoms with Gasteiger partial charge in [-0.3, -0.25) is 14.4 Å². The fraction of sp³-hybridized carbons (Fsp3) is 0.571. The Morgan fingerprint density at radius 3 is 2.38 bits per heavy atom. The minimum Gasteiger partial charge on any atom is -0.480 e. The SMILES string of the molecule is Cc1nn(C)c(=O)c(C(=O)N(CC(=O)O)CC(C)C)c1C. The van der Waals surface area contributed by atoms with Crippen molar-refractivity contribution in [2.75, 3.05) is 13.1 Å². The molecule has 0 unspecified atom stereocenters. The van der Waals surface area contributed by atoms with Crippen LogP contribution in [0.25, 0.3) is 0 Å². The number of hydrogen-bond acceptors (Lipinski definition) is 4. The smallest absolute Gasteiger partial charge is 0.323 e.